The van der Waals surface area contributed by atoms with Gasteiger partial charge in [0.1, 0.15) is 21.8 Å². The van der Waals surface area contributed by atoms with Gasteiger partial charge in [-0.1, -0.05) is 12.1 Å². The normalized spacial score (nSPS) is 10.8. The lowest BCUT2D eigenvalue weighted by Gasteiger charge is -2.02. The largest absolute Gasteiger partial charge is 0.507 e. The Labute approximate surface area is 101 Å². The summed E-state index contributed by atoms with van der Waals surface area (Å²) in [5.41, 5.74) is 0.998. The van der Waals surface area contributed by atoms with Gasteiger partial charge in [-0.3, -0.25) is 4.79 Å². The topological polar surface area (TPSA) is 50.4 Å². The van der Waals surface area contributed by atoms with Crippen LogP contribution in [-0.2, 0) is 0 Å². The van der Waals surface area contributed by atoms with Gasteiger partial charge in [-0.15, -0.1) is 11.3 Å². The molecule has 0 aliphatic heterocycles. The van der Waals surface area contributed by atoms with E-state index in [4.69, 9.17) is 4.42 Å². The van der Waals surface area contributed by atoms with Gasteiger partial charge in [-0.05, 0) is 23.6 Å². The monoisotopic (exact) mass is 244 g/mol. The van der Waals surface area contributed by atoms with Gasteiger partial charge in [0.2, 0.25) is 5.43 Å². The number of phenols is 1. The van der Waals surface area contributed by atoms with E-state index < -0.39 is 0 Å². The van der Waals surface area contributed by atoms with Gasteiger partial charge >= 0.3 is 0 Å². The van der Waals surface area contributed by atoms with Crippen LogP contribution >= 0.6 is 11.3 Å². The highest BCUT2D eigenvalue weighted by Gasteiger charge is 2.10. The van der Waals surface area contributed by atoms with Crippen molar-refractivity contribution in [1.29, 1.82) is 0 Å². The molecule has 0 saturated carbocycles. The molecular formula is C13H8O3S. The molecule has 0 atom stereocenters. The minimum absolute atomic E-state index is 0.0838. The van der Waals surface area contributed by atoms with Crippen molar-refractivity contribution in [3.8, 4) is 17.1 Å². The Kier molecular flexibility index (Phi) is 2.23. The summed E-state index contributed by atoms with van der Waals surface area (Å²) in [6.07, 6.45) is 0. The molecule has 1 N–H and O–H groups in total. The molecule has 0 bridgehead atoms. The molecule has 3 rings (SSSR count). The van der Waals surface area contributed by atoms with Gasteiger partial charge in [-0.2, -0.15) is 0 Å². The summed E-state index contributed by atoms with van der Waals surface area (Å²) in [6, 6.07) is 9.95. The van der Waals surface area contributed by atoms with Crippen molar-refractivity contribution in [1.82, 2.24) is 0 Å². The molecule has 3 nitrogen and oxygen atoms in total. The molecule has 17 heavy (non-hydrogen) atoms. The van der Waals surface area contributed by atoms with E-state index in [1.54, 1.807) is 30.3 Å². The van der Waals surface area contributed by atoms with E-state index in [0.29, 0.717) is 21.6 Å². The Morgan fingerprint density at radius 1 is 1.18 bits per heavy atom. The van der Waals surface area contributed by atoms with Crippen molar-refractivity contribution < 1.29 is 9.52 Å². The molecule has 3 aromatic rings. The summed E-state index contributed by atoms with van der Waals surface area (Å²) in [7, 11) is 0. The zero-order chi connectivity index (χ0) is 11.8. The number of aromatic hydroxyl groups is 1. The first-order valence-electron chi connectivity index (χ1n) is 5.05. The lowest BCUT2D eigenvalue weighted by Crippen LogP contribution is -1.97. The SMILES string of the molecule is O=c1cc(-c2ccccc2O)oc2ccsc12. The van der Waals surface area contributed by atoms with Crippen LogP contribution in [0.4, 0.5) is 0 Å². The fraction of sp³-hybridized carbons (Fsp3) is 0. The number of thiophene rings is 1. The van der Waals surface area contributed by atoms with Crippen LogP contribution < -0.4 is 5.43 Å². The lowest BCUT2D eigenvalue weighted by molar-refractivity contribution is 0.474. The third kappa shape index (κ3) is 1.62. The van der Waals surface area contributed by atoms with Crippen molar-refractivity contribution in [2.75, 3.05) is 0 Å². The molecule has 2 aromatic heterocycles. The quantitative estimate of drug-likeness (QED) is 0.715. The molecule has 0 aliphatic carbocycles. The Morgan fingerprint density at radius 2 is 2.00 bits per heavy atom. The number of para-hydroxylation sites is 1. The number of hydrogen-bond acceptors (Lipinski definition) is 4. The van der Waals surface area contributed by atoms with E-state index >= 15 is 0 Å². The summed E-state index contributed by atoms with van der Waals surface area (Å²) in [4.78, 5) is 11.8. The van der Waals surface area contributed by atoms with Crippen LogP contribution in [0, 0.1) is 0 Å². The number of phenolic OH excluding ortho intramolecular Hbond substituents is 1. The Bertz CT molecular complexity index is 740. The van der Waals surface area contributed by atoms with Crippen LogP contribution in [0.5, 0.6) is 5.75 Å². The van der Waals surface area contributed by atoms with Crippen LogP contribution in [0.2, 0.25) is 0 Å². The van der Waals surface area contributed by atoms with E-state index in [2.05, 4.69) is 0 Å². The van der Waals surface area contributed by atoms with E-state index in [1.807, 2.05) is 5.38 Å². The Morgan fingerprint density at radius 3 is 2.82 bits per heavy atom. The van der Waals surface area contributed by atoms with Gasteiger partial charge < -0.3 is 9.52 Å². The molecule has 0 aliphatic rings. The minimum Gasteiger partial charge on any atom is -0.507 e. The molecule has 0 amide bonds. The summed E-state index contributed by atoms with van der Waals surface area (Å²) < 4.78 is 6.20. The van der Waals surface area contributed by atoms with Gasteiger partial charge in [-0.25, -0.2) is 0 Å². The molecule has 0 unspecified atom stereocenters. The lowest BCUT2D eigenvalue weighted by atomic mass is 10.1. The van der Waals surface area contributed by atoms with Crippen LogP contribution in [0.3, 0.4) is 0 Å². The predicted molar refractivity (Wildman–Crippen MR) is 67.5 cm³/mol. The van der Waals surface area contributed by atoms with Crippen molar-refractivity contribution in [3.63, 3.8) is 0 Å². The van der Waals surface area contributed by atoms with E-state index in [9.17, 15) is 9.90 Å². The third-order valence-electron chi connectivity index (χ3n) is 2.50. The first-order chi connectivity index (χ1) is 8.25. The number of hydrogen-bond donors (Lipinski definition) is 1. The standard InChI is InChI=1S/C13H8O3S/c14-9-4-2-1-3-8(9)12-7-10(15)13-11(16-12)5-6-17-13/h1-7,14H. The first kappa shape index (κ1) is 10.1. The summed E-state index contributed by atoms with van der Waals surface area (Å²) in [5.74, 6) is 0.490. The molecule has 1 aromatic carbocycles. The molecule has 0 spiro atoms. The molecule has 2 heterocycles. The van der Waals surface area contributed by atoms with Crippen molar-refractivity contribution in [3.05, 3.63) is 52.0 Å². The Hall–Kier alpha value is -2.07. The predicted octanol–water partition coefficient (Wildman–Crippen LogP) is 3.23. The maximum Gasteiger partial charge on any atom is 0.203 e. The summed E-state index contributed by atoms with van der Waals surface area (Å²) in [5, 5.41) is 11.5. The van der Waals surface area contributed by atoms with Crippen molar-refractivity contribution in [2.45, 2.75) is 0 Å². The van der Waals surface area contributed by atoms with Crippen LogP contribution in [0.15, 0.2) is 51.0 Å². The van der Waals surface area contributed by atoms with Crippen LogP contribution in [0.1, 0.15) is 0 Å². The zero-order valence-corrected chi connectivity index (χ0v) is 9.53. The molecule has 4 heteroatoms. The summed E-state index contributed by atoms with van der Waals surface area (Å²) >= 11 is 1.35. The second kappa shape index (κ2) is 3.75. The van der Waals surface area contributed by atoms with Gasteiger partial charge in [0, 0.05) is 6.07 Å². The van der Waals surface area contributed by atoms with E-state index in [0.717, 1.165) is 0 Å². The van der Waals surface area contributed by atoms with Crippen molar-refractivity contribution >= 4 is 21.6 Å². The number of benzene rings is 1. The molecule has 0 radical (unpaired) electrons. The second-order valence-electron chi connectivity index (χ2n) is 3.61. The molecule has 0 saturated heterocycles. The number of rotatable bonds is 1. The van der Waals surface area contributed by atoms with Crippen LogP contribution in [0.25, 0.3) is 21.6 Å². The van der Waals surface area contributed by atoms with Crippen LogP contribution in [-0.4, -0.2) is 5.11 Å². The second-order valence-corrected chi connectivity index (χ2v) is 4.52. The fourth-order valence-electron chi connectivity index (χ4n) is 1.70. The average Bonchev–Trinajstić information content (AvgIpc) is 2.78. The number of fused-ring (bicyclic) bond motifs is 1. The molecular weight excluding hydrogens is 236 g/mol. The average molecular weight is 244 g/mol. The van der Waals surface area contributed by atoms with Gasteiger partial charge in [0.15, 0.2) is 0 Å². The first-order valence-corrected chi connectivity index (χ1v) is 5.93. The van der Waals surface area contributed by atoms with Crippen molar-refractivity contribution in [2.24, 2.45) is 0 Å². The smallest absolute Gasteiger partial charge is 0.203 e. The molecule has 0 fully saturated rings. The third-order valence-corrected chi connectivity index (χ3v) is 3.41. The van der Waals surface area contributed by atoms with E-state index in [-0.39, 0.29) is 11.2 Å². The zero-order valence-electron chi connectivity index (χ0n) is 8.71. The Balaban J connectivity index is 2.32. The molecule has 84 valence electrons. The minimum atomic E-state index is -0.0838. The van der Waals surface area contributed by atoms with Gasteiger partial charge in [0.05, 0.1) is 5.56 Å². The summed E-state index contributed by atoms with van der Waals surface area (Å²) in [6.45, 7) is 0. The van der Waals surface area contributed by atoms with Gasteiger partial charge in [0.25, 0.3) is 0 Å². The highest BCUT2D eigenvalue weighted by atomic mass is 32.1. The maximum absolute atomic E-state index is 11.8. The highest BCUT2D eigenvalue weighted by Crippen LogP contribution is 2.30. The highest BCUT2D eigenvalue weighted by molar-refractivity contribution is 7.17. The maximum atomic E-state index is 11.8. The van der Waals surface area contributed by atoms with E-state index in [1.165, 1.54) is 17.4 Å². The fourth-order valence-corrected chi connectivity index (χ4v) is 2.43.